The summed E-state index contributed by atoms with van der Waals surface area (Å²) in [5, 5.41) is 22.0. The van der Waals surface area contributed by atoms with E-state index >= 15 is 0 Å². The lowest BCUT2D eigenvalue weighted by atomic mass is 9.84. The smallest absolute Gasteiger partial charge is 0.355 e. The molecule has 0 unspecified atom stereocenters. The molecule has 17 nitrogen and oxygen atoms in total. The fourth-order valence-corrected chi connectivity index (χ4v) is 10.0. The number of benzene rings is 1. The first-order valence-electron chi connectivity index (χ1n) is 22.0. The molecule has 344 valence electrons. The van der Waals surface area contributed by atoms with Gasteiger partial charge in [0.1, 0.15) is 18.1 Å². The van der Waals surface area contributed by atoms with E-state index in [1.807, 2.05) is 38.3 Å². The van der Waals surface area contributed by atoms with E-state index in [9.17, 15) is 29.1 Å². The van der Waals surface area contributed by atoms with Crippen molar-refractivity contribution in [2.75, 3.05) is 40.9 Å². The Balaban J connectivity index is 1.30. The molecule has 0 saturated carbocycles. The molecule has 4 aromatic rings. The van der Waals surface area contributed by atoms with E-state index in [-0.39, 0.29) is 50.3 Å². The summed E-state index contributed by atoms with van der Waals surface area (Å²) in [5.41, 5.74) is 6.18. The van der Waals surface area contributed by atoms with Crippen molar-refractivity contribution >= 4 is 52.0 Å². The largest absolute Gasteiger partial charge is 0.462 e. The fourth-order valence-electron chi connectivity index (χ4n) is 9.16. The monoisotopic (exact) mass is 899 g/mol. The summed E-state index contributed by atoms with van der Waals surface area (Å²) in [5.74, 6) is -2.78. The number of methoxy groups -OCH3 is 1. The van der Waals surface area contributed by atoms with Gasteiger partial charge < -0.3 is 39.6 Å². The lowest BCUT2D eigenvalue weighted by Gasteiger charge is -2.43. The number of aromatic nitrogens is 3. The molecule has 3 aromatic heterocycles. The van der Waals surface area contributed by atoms with E-state index in [4.69, 9.17) is 19.4 Å². The summed E-state index contributed by atoms with van der Waals surface area (Å²) in [6.45, 7) is 12.8. The van der Waals surface area contributed by atoms with Gasteiger partial charge in [-0.1, -0.05) is 33.8 Å². The lowest BCUT2D eigenvalue weighted by Crippen LogP contribution is -2.67. The van der Waals surface area contributed by atoms with Crippen LogP contribution in [0.15, 0.2) is 41.9 Å². The van der Waals surface area contributed by atoms with E-state index in [1.54, 1.807) is 27.2 Å². The normalized spacial score (nSPS) is 22.3. The second-order valence-electron chi connectivity index (χ2n) is 18.2. The number of carbonyl (C=O) groups excluding carboxylic acids is 5. The number of amides is 5. The molecule has 0 aliphatic carbocycles. The molecule has 64 heavy (non-hydrogen) atoms. The van der Waals surface area contributed by atoms with Crippen LogP contribution in [-0.4, -0.2) is 129 Å². The van der Waals surface area contributed by atoms with Crippen LogP contribution in [0, 0.1) is 11.3 Å². The Kier molecular flexibility index (Phi) is 13.5. The Morgan fingerprint density at radius 3 is 2.59 bits per heavy atom. The number of esters is 1. The van der Waals surface area contributed by atoms with Crippen LogP contribution in [0.5, 0.6) is 0 Å². The molecule has 3 aliphatic heterocycles. The van der Waals surface area contributed by atoms with Crippen LogP contribution < -0.4 is 16.1 Å². The van der Waals surface area contributed by atoms with Crippen LogP contribution >= 0.6 is 11.3 Å². The topological polar surface area (TPSA) is 201 Å². The van der Waals surface area contributed by atoms with Crippen molar-refractivity contribution in [2.24, 2.45) is 11.3 Å². The van der Waals surface area contributed by atoms with Crippen molar-refractivity contribution in [1.82, 2.24) is 45.4 Å². The maximum atomic E-state index is 14.6. The van der Waals surface area contributed by atoms with E-state index in [1.165, 1.54) is 35.2 Å². The van der Waals surface area contributed by atoms with Crippen molar-refractivity contribution in [2.45, 2.75) is 110 Å². The van der Waals surface area contributed by atoms with Gasteiger partial charge in [0.05, 0.1) is 34.8 Å². The van der Waals surface area contributed by atoms with Crippen LogP contribution in [0.3, 0.4) is 0 Å². The Morgan fingerprint density at radius 2 is 1.92 bits per heavy atom. The number of hydrazine groups is 1. The Morgan fingerprint density at radius 1 is 1.16 bits per heavy atom. The number of urea groups is 1. The highest BCUT2D eigenvalue weighted by molar-refractivity contribution is 7.10. The van der Waals surface area contributed by atoms with Gasteiger partial charge in [0, 0.05) is 92.7 Å². The molecule has 5 amide bonds. The van der Waals surface area contributed by atoms with E-state index < -0.39 is 53.1 Å². The molecule has 4 N–H and O–H groups in total. The summed E-state index contributed by atoms with van der Waals surface area (Å²) in [6.07, 6.45) is 2.69. The molecule has 1 aromatic carbocycles. The Hall–Kier alpha value is -5.43. The highest BCUT2D eigenvalue weighted by Gasteiger charge is 2.46. The first-order valence-corrected chi connectivity index (χ1v) is 22.9. The van der Waals surface area contributed by atoms with Gasteiger partial charge in [0.25, 0.3) is 5.91 Å². The van der Waals surface area contributed by atoms with Crippen molar-refractivity contribution in [1.29, 1.82) is 0 Å². The SMILES string of the molecule is CCn1c(-c2cccnc2[C@H](C)OC)c2c3cc(ccc31)-c1csc(n1)C[C@H](NC(=O)[C@H](C(C)C)N(C)C(=O)N1CC[C@@H]1C(=O)NC)C(=O)N1CCC[C@@](O)(N1)C(=O)OCC(C)(C)C2. The third kappa shape index (κ3) is 8.97. The maximum absolute atomic E-state index is 14.6. The third-order valence-electron chi connectivity index (χ3n) is 12.7. The van der Waals surface area contributed by atoms with Gasteiger partial charge in [-0.15, -0.1) is 11.3 Å². The molecule has 6 bridgehead atoms. The van der Waals surface area contributed by atoms with Crippen molar-refractivity contribution in [3.05, 3.63) is 58.2 Å². The molecule has 18 heteroatoms. The quantitative estimate of drug-likeness (QED) is 0.174. The lowest BCUT2D eigenvalue weighted by molar-refractivity contribution is -0.189. The number of thiazole rings is 1. The van der Waals surface area contributed by atoms with Crippen LogP contribution in [-0.2, 0) is 48.0 Å². The number of nitrogens with one attached hydrogen (secondary N) is 3. The molecular weight excluding hydrogens is 839 g/mol. The maximum Gasteiger partial charge on any atom is 0.355 e. The molecule has 7 rings (SSSR count). The number of aliphatic hydroxyl groups is 1. The molecule has 5 atom stereocenters. The summed E-state index contributed by atoms with van der Waals surface area (Å²) < 4.78 is 14.0. The number of hydrogen-bond acceptors (Lipinski definition) is 12. The second kappa shape index (κ2) is 18.6. The number of rotatable bonds is 9. The number of carbonyl (C=O) groups is 5. The number of pyridine rings is 1. The average molecular weight is 900 g/mol. The standard InChI is InChI=1S/C46H61N9O8S/c1-10-53-34-15-14-28-21-30(34)31(39(53)29-13-11-18-48-37(29)27(4)62-9)23-45(5,6)25-63-43(59)46(61)17-12-19-55(51-46)42(58)32(22-36-49-33(28)24-64-36)50-41(57)38(26(2)3)52(8)44(60)54-20-16-35(54)40(56)47-7/h11,13-15,18,21,24,26-27,32,35,38,51,61H,10,12,16-17,19-20,22-23,25H2,1-9H3,(H,47,56)(H,50,57)/t27-,32-,35+,38-,46-/m0/s1. The van der Waals surface area contributed by atoms with Gasteiger partial charge >= 0.3 is 12.0 Å². The average Bonchev–Trinajstić information content (AvgIpc) is 3.85. The molecule has 6 heterocycles. The Bertz CT molecular complexity index is 2430. The zero-order chi connectivity index (χ0) is 46.2. The molecule has 2 saturated heterocycles. The number of aryl methyl sites for hydroxylation is 1. The second-order valence-corrected chi connectivity index (χ2v) is 19.1. The van der Waals surface area contributed by atoms with Gasteiger partial charge in [-0.05, 0) is 68.9 Å². The van der Waals surface area contributed by atoms with E-state index in [0.29, 0.717) is 36.6 Å². The number of fused-ring (bicyclic) bond motifs is 6. The number of likely N-dealkylation sites (tertiary alicyclic amines) is 1. The van der Waals surface area contributed by atoms with Crippen LogP contribution in [0.2, 0.25) is 0 Å². The Labute approximate surface area is 377 Å². The zero-order valence-electron chi connectivity index (χ0n) is 38.2. The first kappa shape index (κ1) is 46.6. The number of hydrogen-bond donors (Lipinski definition) is 4. The van der Waals surface area contributed by atoms with E-state index in [2.05, 4.69) is 45.7 Å². The van der Waals surface area contributed by atoms with Gasteiger partial charge in [-0.3, -0.25) is 24.4 Å². The third-order valence-corrected chi connectivity index (χ3v) is 13.6. The van der Waals surface area contributed by atoms with Gasteiger partial charge in [0.15, 0.2) is 0 Å². The van der Waals surface area contributed by atoms with Crippen molar-refractivity contribution in [3.8, 4) is 22.5 Å². The molecule has 0 spiro atoms. The number of cyclic esters (lactones) is 1. The number of ether oxygens (including phenoxy) is 2. The van der Waals surface area contributed by atoms with Gasteiger partial charge in [-0.25, -0.2) is 14.6 Å². The molecular formula is C46H61N9O8S. The zero-order valence-corrected chi connectivity index (χ0v) is 39.0. The molecule has 3 aliphatic rings. The van der Waals surface area contributed by atoms with Crippen LogP contribution in [0.1, 0.15) is 83.2 Å². The minimum absolute atomic E-state index is 0.0167. The summed E-state index contributed by atoms with van der Waals surface area (Å²) in [7, 11) is 4.69. The van der Waals surface area contributed by atoms with Gasteiger partial charge in [-0.2, -0.15) is 5.43 Å². The fraction of sp³-hybridized carbons (Fsp3) is 0.543. The van der Waals surface area contributed by atoms with Crippen LogP contribution in [0.25, 0.3) is 33.4 Å². The summed E-state index contributed by atoms with van der Waals surface area (Å²) >= 11 is 1.35. The highest BCUT2D eigenvalue weighted by atomic mass is 32.1. The molecule has 0 radical (unpaired) electrons. The predicted molar refractivity (Wildman–Crippen MR) is 241 cm³/mol. The molecule has 2 fully saturated rings. The van der Waals surface area contributed by atoms with Gasteiger partial charge in [0.2, 0.25) is 17.5 Å². The number of likely N-dealkylation sites (N-methyl/N-ethyl adjacent to an activating group) is 2. The van der Waals surface area contributed by atoms with Crippen LogP contribution in [0.4, 0.5) is 4.79 Å². The summed E-state index contributed by atoms with van der Waals surface area (Å²) in [4.78, 5) is 81.6. The summed E-state index contributed by atoms with van der Waals surface area (Å²) in [6, 6.07) is 6.86. The minimum Gasteiger partial charge on any atom is -0.462 e. The van der Waals surface area contributed by atoms with Crippen molar-refractivity contribution < 1.29 is 38.6 Å². The number of nitrogens with zero attached hydrogens (tertiary/aromatic N) is 6. The highest BCUT2D eigenvalue weighted by Crippen LogP contribution is 2.42. The van der Waals surface area contributed by atoms with Crippen molar-refractivity contribution in [3.63, 3.8) is 0 Å². The first-order chi connectivity index (χ1) is 30.4. The minimum atomic E-state index is -2.23. The predicted octanol–water partition coefficient (Wildman–Crippen LogP) is 4.42. The van der Waals surface area contributed by atoms with E-state index in [0.717, 1.165) is 44.0 Å².